The Bertz CT molecular complexity index is 602. The second-order valence-electron chi connectivity index (χ2n) is 7.20. The Morgan fingerprint density at radius 3 is 2.25 bits per heavy atom. The van der Waals surface area contributed by atoms with E-state index in [-0.39, 0.29) is 5.82 Å². The number of hydrogen-bond acceptors (Lipinski definition) is 0. The van der Waals surface area contributed by atoms with E-state index in [0.717, 1.165) is 23.1 Å². The van der Waals surface area contributed by atoms with Crippen LogP contribution >= 0.6 is 0 Å². The van der Waals surface area contributed by atoms with Crippen LogP contribution in [0, 0.1) is 11.7 Å². The molecule has 0 spiro atoms. The van der Waals surface area contributed by atoms with Gasteiger partial charge in [-0.2, -0.15) is 0 Å². The zero-order valence-electron chi connectivity index (χ0n) is 15.5. The fourth-order valence-electron chi connectivity index (χ4n) is 3.60. The van der Waals surface area contributed by atoms with Gasteiger partial charge in [0.25, 0.3) is 0 Å². The molecule has 0 bridgehead atoms. The normalized spacial score (nSPS) is 12.6. The van der Waals surface area contributed by atoms with Crippen LogP contribution in [-0.2, 0) is 6.42 Å². The smallest absolute Gasteiger partial charge is 0.123 e. The molecule has 0 aromatic heterocycles. The third kappa shape index (κ3) is 6.26. The summed E-state index contributed by atoms with van der Waals surface area (Å²) < 4.78 is 13.2. The Labute approximate surface area is 147 Å². The number of halogens is 1. The fraction of sp³-hybridized carbons (Fsp3) is 0.565. The van der Waals surface area contributed by atoms with E-state index in [2.05, 4.69) is 32.0 Å². The molecule has 24 heavy (non-hydrogen) atoms. The van der Waals surface area contributed by atoms with E-state index < -0.39 is 0 Å². The SMILES string of the molecule is CCCCCC(CC)CCCCCc1ccc2cc(F)ccc2c1. The number of unbranched alkanes of at least 4 members (excludes halogenated alkanes) is 4. The molecular formula is C23H33F. The Morgan fingerprint density at radius 2 is 1.50 bits per heavy atom. The zero-order valence-corrected chi connectivity index (χ0v) is 15.5. The average Bonchev–Trinajstić information content (AvgIpc) is 2.60. The fourth-order valence-corrected chi connectivity index (χ4v) is 3.60. The van der Waals surface area contributed by atoms with Gasteiger partial charge in [0.05, 0.1) is 0 Å². The largest absolute Gasteiger partial charge is 0.207 e. The van der Waals surface area contributed by atoms with Gasteiger partial charge >= 0.3 is 0 Å². The van der Waals surface area contributed by atoms with Gasteiger partial charge in [-0.25, -0.2) is 4.39 Å². The van der Waals surface area contributed by atoms with Crippen molar-refractivity contribution in [2.75, 3.05) is 0 Å². The molecule has 0 aliphatic heterocycles. The second kappa shape index (κ2) is 10.5. The summed E-state index contributed by atoms with van der Waals surface area (Å²) in [5.41, 5.74) is 1.38. The Morgan fingerprint density at radius 1 is 0.792 bits per heavy atom. The van der Waals surface area contributed by atoms with E-state index >= 15 is 0 Å². The molecule has 1 atom stereocenters. The van der Waals surface area contributed by atoms with Crippen molar-refractivity contribution in [2.24, 2.45) is 5.92 Å². The lowest BCUT2D eigenvalue weighted by atomic mass is 9.92. The summed E-state index contributed by atoms with van der Waals surface area (Å²) in [4.78, 5) is 0. The van der Waals surface area contributed by atoms with Crippen LogP contribution in [-0.4, -0.2) is 0 Å². The van der Waals surface area contributed by atoms with Crippen molar-refractivity contribution >= 4 is 10.8 Å². The van der Waals surface area contributed by atoms with Crippen molar-refractivity contribution in [3.8, 4) is 0 Å². The molecule has 0 heterocycles. The molecule has 132 valence electrons. The molecule has 0 N–H and O–H groups in total. The van der Waals surface area contributed by atoms with Crippen LogP contribution in [0.4, 0.5) is 4.39 Å². The first-order valence-corrected chi connectivity index (χ1v) is 9.91. The third-order valence-corrected chi connectivity index (χ3v) is 5.24. The van der Waals surface area contributed by atoms with Gasteiger partial charge in [-0.1, -0.05) is 89.5 Å². The first-order chi connectivity index (χ1) is 11.7. The topological polar surface area (TPSA) is 0 Å². The monoisotopic (exact) mass is 328 g/mol. The number of fused-ring (bicyclic) bond motifs is 1. The third-order valence-electron chi connectivity index (χ3n) is 5.24. The van der Waals surface area contributed by atoms with Gasteiger partial charge in [0.15, 0.2) is 0 Å². The number of aryl methyl sites for hydroxylation is 1. The van der Waals surface area contributed by atoms with E-state index in [9.17, 15) is 4.39 Å². The summed E-state index contributed by atoms with van der Waals surface area (Å²) in [5.74, 6) is 0.784. The molecule has 2 rings (SSSR count). The quantitative estimate of drug-likeness (QED) is 0.371. The van der Waals surface area contributed by atoms with Gasteiger partial charge in [-0.05, 0) is 47.2 Å². The highest BCUT2D eigenvalue weighted by Gasteiger charge is 2.06. The van der Waals surface area contributed by atoms with E-state index in [1.54, 1.807) is 12.1 Å². The Balaban J connectivity index is 1.69. The predicted octanol–water partition coefficient (Wildman–Crippen LogP) is 7.69. The predicted molar refractivity (Wildman–Crippen MR) is 104 cm³/mol. The molecule has 0 amide bonds. The second-order valence-corrected chi connectivity index (χ2v) is 7.20. The van der Waals surface area contributed by atoms with Crippen LogP contribution in [0.3, 0.4) is 0 Å². The molecule has 0 nitrogen and oxygen atoms in total. The molecule has 0 saturated heterocycles. The zero-order chi connectivity index (χ0) is 17.2. The van der Waals surface area contributed by atoms with Gasteiger partial charge in [-0.15, -0.1) is 0 Å². The van der Waals surface area contributed by atoms with Gasteiger partial charge in [0, 0.05) is 0 Å². The highest BCUT2D eigenvalue weighted by Crippen LogP contribution is 2.22. The van der Waals surface area contributed by atoms with Crippen LogP contribution < -0.4 is 0 Å². The van der Waals surface area contributed by atoms with E-state index in [1.165, 1.54) is 63.4 Å². The summed E-state index contributed by atoms with van der Waals surface area (Å²) in [7, 11) is 0. The van der Waals surface area contributed by atoms with E-state index in [4.69, 9.17) is 0 Å². The van der Waals surface area contributed by atoms with Crippen LogP contribution in [0.2, 0.25) is 0 Å². The van der Waals surface area contributed by atoms with Gasteiger partial charge in [0.1, 0.15) is 5.82 Å². The lowest BCUT2D eigenvalue weighted by Crippen LogP contribution is -1.99. The van der Waals surface area contributed by atoms with Gasteiger partial charge < -0.3 is 0 Å². The highest BCUT2D eigenvalue weighted by atomic mass is 19.1. The molecule has 0 aliphatic carbocycles. The molecule has 2 aromatic rings. The number of benzene rings is 2. The van der Waals surface area contributed by atoms with Crippen LogP contribution in [0.5, 0.6) is 0 Å². The molecule has 0 saturated carbocycles. The summed E-state index contributed by atoms with van der Waals surface area (Å²) in [5, 5.41) is 2.15. The van der Waals surface area contributed by atoms with Gasteiger partial charge in [0.2, 0.25) is 0 Å². The maximum Gasteiger partial charge on any atom is 0.123 e. The standard InChI is InChI=1S/C23H33F/c1-3-5-7-10-19(4-2)11-8-6-9-12-20-13-14-22-18-23(24)16-15-21(22)17-20/h13-19H,3-12H2,1-2H3. The average molecular weight is 329 g/mol. The molecular weight excluding hydrogens is 295 g/mol. The van der Waals surface area contributed by atoms with Crippen molar-refractivity contribution < 1.29 is 4.39 Å². The number of rotatable bonds is 11. The van der Waals surface area contributed by atoms with Crippen LogP contribution in [0.25, 0.3) is 10.8 Å². The van der Waals surface area contributed by atoms with Crippen LogP contribution in [0.1, 0.15) is 77.2 Å². The minimum absolute atomic E-state index is 0.153. The van der Waals surface area contributed by atoms with E-state index in [1.807, 2.05) is 6.07 Å². The molecule has 1 unspecified atom stereocenters. The van der Waals surface area contributed by atoms with Crippen molar-refractivity contribution in [1.82, 2.24) is 0 Å². The van der Waals surface area contributed by atoms with Crippen LogP contribution in [0.15, 0.2) is 36.4 Å². The minimum atomic E-state index is -0.153. The van der Waals surface area contributed by atoms with Gasteiger partial charge in [-0.3, -0.25) is 0 Å². The van der Waals surface area contributed by atoms with Crippen molar-refractivity contribution in [3.05, 3.63) is 47.8 Å². The molecule has 0 radical (unpaired) electrons. The van der Waals surface area contributed by atoms with E-state index in [0.29, 0.717) is 0 Å². The first kappa shape index (κ1) is 19.0. The summed E-state index contributed by atoms with van der Waals surface area (Å²) >= 11 is 0. The maximum atomic E-state index is 13.2. The molecule has 1 heteroatoms. The van der Waals surface area contributed by atoms with Crippen molar-refractivity contribution in [3.63, 3.8) is 0 Å². The molecule has 0 aliphatic rings. The Kier molecular flexibility index (Phi) is 8.28. The summed E-state index contributed by atoms with van der Waals surface area (Å²) in [6.07, 6.45) is 13.4. The maximum absolute atomic E-state index is 13.2. The summed E-state index contributed by atoms with van der Waals surface area (Å²) in [6, 6.07) is 11.5. The minimum Gasteiger partial charge on any atom is -0.207 e. The lowest BCUT2D eigenvalue weighted by Gasteiger charge is -2.14. The first-order valence-electron chi connectivity index (χ1n) is 9.91. The van der Waals surface area contributed by atoms with Crippen molar-refractivity contribution in [2.45, 2.75) is 78.1 Å². The lowest BCUT2D eigenvalue weighted by molar-refractivity contribution is 0.398. The highest BCUT2D eigenvalue weighted by molar-refractivity contribution is 5.83. The van der Waals surface area contributed by atoms with Crippen molar-refractivity contribution in [1.29, 1.82) is 0 Å². The Hall–Kier alpha value is -1.37. The molecule has 2 aromatic carbocycles. The molecule has 0 fully saturated rings. The number of hydrogen-bond donors (Lipinski definition) is 0. The summed E-state index contributed by atoms with van der Waals surface area (Å²) in [6.45, 7) is 4.62.